The van der Waals surface area contributed by atoms with Crippen LogP contribution in [0.4, 0.5) is 5.69 Å². The molecule has 3 aromatic rings. The van der Waals surface area contributed by atoms with Gasteiger partial charge in [-0.3, -0.25) is 0 Å². The molecule has 9 heteroatoms. The van der Waals surface area contributed by atoms with Gasteiger partial charge in [-0.1, -0.05) is 19.1 Å². The highest BCUT2D eigenvalue weighted by Crippen LogP contribution is 2.26. The van der Waals surface area contributed by atoms with Crippen LogP contribution in [0.2, 0.25) is 0 Å². The molecule has 0 unspecified atom stereocenters. The molecule has 0 aliphatic carbocycles. The van der Waals surface area contributed by atoms with Crippen molar-refractivity contribution in [2.45, 2.75) is 19.8 Å². The maximum Gasteiger partial charge on any atom is 0.380 e. The first-order valence-corrected chi connectivity index (χ1v) is 9.35. The van der Waals surface area contributed by atoms with Crippen molar-refractivity contribution >= 4 is 16.0 Å². The average molecular weight is 373 g/mol. The van der Waals surface area contributed by atoms with E-state index in [4.69, 9.17) is 10.9 Å². The summed E-state index contributed by atoms with van der Waals surface area (Å²) in [5.41, 5.74) is 10.1. The fraction of sp³-hybridized carbons (Fsp3) is 0.176. The Balaban J connectivity index is 1.87. The second-order valence-corrected chi connectivity index (χ2v) is 7.27. The summed E-state index contributed by atoms with van der Waals surface area (Å²) in [5.74, 6) is 0.424. The molecule has 0 saturated carbocycles. The predicted molar refractivity (Wildman–Crippen MR) is 99.0 cm³/mol. The van der Waals surface area contributed by atoms with Crippen LogP contribution in [-0.4, -0.2) is 23.4 Å². The number of rotatable bonds is 5. The molecule has 4 N–H and O–H groups in total. The number of hydrogen-bond acceptors (Lipinski definition) is 6. The van der Waals surface area contributed by atoms with Gasteiger partial charge in [-0.15, -0.1) is 5.10 Å². The molecule has 136 valence electrons. The summed E-state index contributed by atoms with van der Waals surface area (Å²) >= 11 is 0. The predicted octanol–water partition coefficient (Wildman–Crippen LogP) is 2.22. The third-order valence-corrected chi connectivity index (χ3v) is 4.24. The number of nitrogens with zero attached hydrogens (tertiary/aromatic N) is 3. The summed E-state index contributed by atoms with van der Waals surface area (Å²) in [6, 6.07) is 12.1. The number of benzene rings is 2. The van der Waals surface area contributed by atoms with Crippen LogP contribution in [0.15, 0.2) is 48.7 Å². The molecule has 2 aromatic carbocycles. The molecule has 1 aromatic heterocycles. The zero-order valence-electron chi connectivity index (χ0n) is 14.3. The molecule has 26 heavy (non-hydrogen) atoms. The molecule has 0 aliphatic heterocycles. The van der Waals surface area contributed by atoms with Crippen molar-refractivity contribution < 1.29 is 12.6 Å². The van der Waals surface area contributed by atoms with Crippen LogP contribution in [-0.2, 0) is 10.3 Å². The van der Waals surface area contributed by atoms with Crippen molar-refractivity contribution in [3.05, 3.63) is 54.2 Å². The van der Waals surface area contributed by atoms with Crippen molar-refractivity contribution in [1.29, 1.82) is 0 Å². The molecule has 0 aliphatic rings. The molecule has 0 fully saturated rings. The first-order valence-electron chi connectivity index (χ1n) is 7.88. The van der Waals surface area contributed by atoms with E-state index in [1.165, 1.54) is 12.1 Å². The Morgan fingerprint density at radius 1 is 1.12 bits per heavy atom. The third-order valence-electron chi connectivity index (χ3n) is 3.81. The maximum absolute atomic E-state index is 10.9. The quantitative estimate of drug-likeness (QED) is 0.660. The number of anilines is 1. The molecule has 0 radical (unpaired) electrons. The minimum Gasteiger partial charge on any atom is -0.398 e. The maximum atomic E-state index is 10.9. The van der Waals surface area contributed by atoms with Gasteiger partial charge in [0, 0.05) is 11.3 Å². The van der Waals surface area contributed by atoms with Crippen molar-refractivity contribution in [2.24, 2.45) is 5.14 Å². The summed E-state index contributed by atoms with van der Waals surface area (Å²) in [6.07, 6.45) is 1.78. The Hall–Kier alpha value is -2.91. The molecular weight excluding hydrogens is 354 g/mol. The van der Waals surface area contributed by atoms with E-state index in [-0.39, 0.29) is 5.75 Å². The van der Waals surface area contributed by atoms with Crippen LogP contribution in [0.5, 0.6) is 5.75 Å². The zero-order chi connectivity index (χ0) is 18.9. The highest BCUT2D eigenvalue weighted by atomic mass is 32.2. The Morgan fingerprint density at radius 3 is 2.42 bits per heavy atom. The molecule has 0 amide bonds. The summed E-state index contributed by atoms with van der Waals surface area (Å²) in [4.78, 5) is 0. The Kier molecular flexibility index (Phi) is 4.66. The van der Waals surface area contributed by atoms with E-state index in [1.807, 2.05) is 18.2 Å². The van der Waals surface area contributed by atoms with Crippen molar-refractivity contribution in [3.63, 3.8) is 0 Å². The second-order valence-electron chi connectivity index (χ2n) is 6.12. The Morgan fingerprint density at radius 2 is 1.81 bits per heavy atom. The number of nitrogen functional groups attached to an aromatic ring is 1. The summed E-state index contributed by atoms with van der Waals surface area (Å²) < 4.78 is 28.1. The molecular formula is C17H19N5O3S. The van der Waals surface area contributed by atoms with Gasteiger partial charge >= 0.3 is 10.3 Å². The van der Waals surface area contributed by atoms with Crippen molar-refractivity contribution in [1.82, 2.24) is 15.0 Å². The van der Waals surface area contributed by atoms with E-state index in [0.29, 0.717) is 11.6 Å². The molecule has 1 heterocycles. The van der Waals surface area contributed by atoms with Crippen molar-refractivity contribution in [3.8, 4) is 22.7 Å². The fourth-order valence-electron chi connectivity index (χ4n) is 2.54. The highest BCUT2D eigenvalue weighted by Gasteiger charge is 2.10. The molecule has 0 spiro atoms. The van der Waals surface area contributed by atoms with E-state index < -0.39 is 10.3 Å². The first-order chi connectivity index (χ1) is 12.2. The van der Waals surface area contributed by atoms with Crippen LogP contribution in [0, 0.1) is 0 Å². The van der Waals surface area contributed by atoms with Crippen LogP contribution < -0.4 is 15.1 Å². The topological polar surface area (TPSA) is 126 Å². The monoisotopic (exact) mass is 373 g/mol. The van der Waals surface area contributed by atoms with E-state index in [9.17, 15) is 8.42 Å². The lowest BCUT2D eigenvalue weighted by molar-refractivity contribution is 0.488. The number of aromatic nitrogens is 3. The number of nitrogens with two attached hydrogens (primary N) is 2. The summed E-state index contributed by atoms with van der Waals surface area (Å²) in [7, 11) is -4.04. The van der Waals surface area contributed by atoms with Gasteiger partial charge in [-0.05, 0) is 53.9 Å². The number of hydrogen-bond donors (Lipinski definition) is 2. The van der Waals surface area contributed by atoms with Gasteiger partial charge in [0.1, 0.15) is 11.4 Å². The zero-order valence-corrected chi connectivity index (χ0v) is 15.1. The summed E-state index contributed by atoms with van der Waals surface area (Å²) in [6.45, 7) is 4.15. The van der Waals surface area contributed by atoms with Gasteiger partial charge in [-0.25, -0.2) is 4.68 Å². The van der Waals surface area contributed by atoms with Gasteiger partial charge in [-0.2, -0.15) is 13.6 Å². The minimum absolute atomic E-state index is 0.128. The van der Waals surface area contributed by atoms with E-state index >= 15 is 0 Å². The van der Waals surface area contributed by atoms with Crippen LogP contribution in [0.3, 0.4) is 0 Å². The van der Waals surface area contributed by atoms with Crippen LogP contribution in [0.1, 0.15) is 25.3 Å². The standard InChI is InChI=1S/C17H19N5O3S/c1-11(2)15-9-13(5-8-16(15)18)22-10-17(20-21-22)12-3-6-14(7-4-12)25-26(19,23)24/h3-11H,18H2,1-2H3,(H2,19,23,24). The summed E-state index contributed by atoms with van der Waals surface area (Å²) in [5, 5.41) is 13.2. The Bertz CT molecular complexity index is 1030. The molecule has 3 rings (SSSR count). The van der Waals surface area contributed by atoms with Crippen LogP contribution >= 0.6 is 0 Å². The average Bonchev–Trinajstić information content (AvgIpc) is 3.04. The largest absolute Gasteiger partial charge is 0.398 e. The lowest BCUT2D eigenvalue weighted by Crippen LogP contribution is -2.18. The SMILES string of the molecule is CC(C)c1cc(-n2cc(-c3ccc(OS(N)(=O)=O)cc3)nn2)ccc1N. The lowest BCUT2D eigenvalue weighted by atomic mass is 10.0. The van der Waals surface area contributed by atoms with Gasteiger partial charge in [0.2, 0.25) is 0 Å². The van der Waals surface area contributed by atoms with E-state index in [0.717, 1.165) is 22.5 Å². The highest BCUT2D eigenvalue weighted by molar-refractivity contribution is 7.84. The smallest absolute Gasteiger partial charge is 0.380 e. The minimum atomic E-state index is -4.04. The molecule has 8 nitrogen and oxygen atoms in total. The van der Waals surface area contributed by atoms with Crippen molar-refractivity contribution in [2.75, 3.05) is 5.73 Å². The first kappa shape index (κ1) is 17.9. The molecule has 0 bridgehead atoms. The lowest BCUT2D eigenvalue weighted by Gasteiger charge is -2.11. The van der Waals surface area contributed by atoms with Gasteiger partial charge in [0.25, 0.3) is 0 Å². The van der Waals surface area contributed by atoms with Gasteiger partial charge in [0.15, 0.2) is 0 Å². The van der Waals surface area contributed by atoms with Gasteiger partial charge < -0.3 is 9.92 Å². The second kappa shape index (κ2) is 6.77. The van der Waals surface area contributed by atoms with E-state index in [2.05, 4.69) is 28.3 Å². The third kappa shape index (κ3) is 4.01. The normalized spacial score (nSPS) is 11.7. The van der Waals surface area contributed by atoms with Crippen LogP contribution in [0.25, 0.3) is 16.9 Å². The fourth-order valence-corrected chi connectivity index (χ4v) is 2.92. The Labute approximate surface area is 151 Å². The van der Waals surface area contributed by atoms with E-state index in [1.54, 1.807) is 23.0 Å². The molecule has 0 saturated heterocycles. The van der Waals surface area contributed by atoms with Gasteiger partial charge in [0.05, 0.1) is 11.9 Å². The molecule has 0 atom stereocenters.